The van der Waals surface area contributed by atoms with Gasteiger partial charge in [-0.3, -0.25) is 9.69 Å². The Balaban J connectivity index is 0.00000420. The number of nitrogens with zero attached hydrogens (tertiary/aromatic N) is 2. The molecular formula is C30H42ClN5O2S. The van der Waals surface area contributed by atoms with Gasteiger partial charge in [0.05, 0.1) is 18.7 Å². The maximum absolute atomic E-state index is 13.4. The van der Waals surface area contributed by atoms with Crippen molar-refractivity contribution in [1.82, 2.24) is 20.1 Å². The molecule has 3 N–H and O–H groups in total. The Morgan fingerprint density at radius 2 is 1.82 bits per heavy atom. The van der Waals surface area contributed by atoms with Crippen molar-refractivity contribution >= 4 is 46.3 Å². The molecular weight excluding hydrogens is 530 g/mol. The third-order valence-electron chi connectivity index (χ3n) is 7.59. The Hall–Kier alpha value is -2.65. The van der Waals surface area contributed by atoms with Gasteiger partial charge in [-0.2, -0.15) is 0 Å². The third kappa shape index (κ3) is 7.31. The Kier molecular flexibility index (Phi) is 11.2. The van der Waals surface area contributed by atoms with E-state index in [1.165, 1.54) is 11.1 Å². The third-order valence-corrected chi connectivity index (χ3v) is 7.93. The molecule has 0 aliphatic carbocycles. The molecule has 0 bridgehead atoms. The second-order valence-electron chi connectivity index (χ2n) is 10.0. The first-order valence-corrected chi connectivity index (χ1v) is 14.1. The number of H-pyrrole nitrogens is 1. The lowest BCUT2D eigenvalue weighted by atomic mass is 9.97. The van der Waals surface area contributed by atoms with E-state index >= 15 is 0 Å². The van der Waals surface area contributed by atoms with Crippen LogP contribution in [0.4, 0.5) is 5.69 Å². The van der Waals surface area contributed by atoms with Gasteiger partial charge in [0.2, 0.25) is 0 Å². The second-order valence-corrected chi connectivity index (χ2v) is 10.4. The number of fused-ring (bicyclic) bond motifs is 1. The smallest absolute Gasteiger partial charge is 0.253 e. The molecule has 0 amide bonds. The van der Waals surface area contributed by atoms with E-state index in [9.17, 15) is 4.79 Å². The molecule has 0 spiro atoms. The van der Waals surface area contributed by atoms with Crippen LogP contribution < -0.4 is 20.9 Å². The maximum atomic E-state index is 13.4. The number of hydrogen-bond donors (Lipinski definition) is 3. The number of benzene rings is 2. The minimum absolute atomic E-state index is 0. The van der Waals surface area contributed by atoms with Gasteiger partial charge in [-0.05, 0) is 118 Å². The van der Waals surface area contributed by atoms with E-state index in [1.54, 1.807) is 0 Å². The van der Waals surface area contributed by atoms with Crippen LogP contribution in [0.15, 0.2) is 41.2 Å². The summed E-state index contributed by atoms with van der Waals surface area (Å²) in [6.07, 6.45) is 0.976. The highest BCUT2D eigenvalue weighted by Crippen LogP contribution is 2.26. The molecule has 212 valence electrons. The molecule has 1 fully saturated rings. The SMILES string of the molecule is CCOc1ccc(NC(=S)N(Cc2cc3cc(C)c(CN(CC)CC)c(C)c3[nH]c2=O)C2CCNC2)cc1.Cl. The summed E-state index contributed by atoms with van der Waals surface area (Å²) in [5.74, 6) is 0.828. The van der Waals surface area contributed by atoms with Gasteiger partial charge in [-0.15, -0.1) is 12.4 Å². The van der Waals surface area contributed by atoms with Crippen LogP contribution in [0, 0.1) is 13.8 Å². The molecule has 4 rings (SSSR count). The summed E-state index contributed by atoms with van der Waals surface area (Å²) in [4.78, 5) is 21.1. The van der Waals surface area contributed by atoms with Crippen molar-refractivity contribution in [2.75, 3.05) is 38.1 Å². The van der Waals surface area contributed by atoms with Crippen molar-refractivity contribution in [1.29, 1.82) is 0 Å². The Morgan fingerprint density at radius 3 is 2.44 bits per heavy atom. The molecule has 1 unspecified atom stereocenters. The van der Waals surface area contributed by atoms with E-state index in [0.29, 0.717) is 18.3 Å². The number of halogens is 1. The summed E-state index contributed by atoms with van der Waals surface area (Å²) in [5, 5.41) is 8.49. The zero-order valence-electron chi connectivity index (χ0n) is 23.7. The van der Waals surface area contributed by atoms with Crippen LogP contribution in [0.2, 0.25) is 0 Å². The van der Waals surface area contributed by atoms with Gasteiger partial charge in [0, 0.05) is 30.4 Å². The lowest BCUT2D eigenvalue weighted by Crippen LogP contribution is -2.44. The molecule has 9 heteroatoms. The van der Waals surface area contributed by atoms with Gasteiger partial charge in [-0.1, -0.05) is 13.8 Å². The molecule has 39 heavy (non-hydrogen) atoms. The zero-order valence-corrected chi connectivity index (χ0v) is 25.4. The second kappa shape index (κ2) is 14.1. The van der Waals surface area contributed by atoms with E-state index in [4.69, 9.17) is 17.0 Å². The van der Waals surface area contributed by atoms with Crippen LogP contribution in [-0.4, -0.2) is 58.7 Å². The van der Waals surface area contributed by atoms with E-state index in [1.807, 2.05) is 37.3 Å². The Bertz CT molecular complexity index is 1320. The maximum Gasteiger partial charge on any atom is 0.253 e. The topological polar surface area (TPSA) is 72.6 Å². The van der Waals surface area contributed by atoms with Crippen LogP contribution in [-0.2, 0) is 13.1 Å². The van der Waals surface area contributed by atoms with Gasteiger partial charge in [-0.25, -0.2) is 0 Å². The first-order chi connectivity index (χ1) is 18.3. The van der Waals surface area contributed by atoms with Gasteiger partial charge >= 0.3 is 0 Å². The fraction of sp³-hybridized carbons (Fsp3) is 0.467. The molecule has 1 aliphatic rings. The van der Waals surface area contributed by atoms with E-state index < -0.39 is 0 Å². The first kappa shape index (κ1) is 30.9. The number of anilines is 1. The number of aromatic nitrogens is 1. The average Bonchev–Trinajstić information content (AvgIpc) is 3.44. The molecule has 3 aromatic rings. The van der Waals surface area contributed by atoms with Crippen molar-refractivity contribution in [3.8, 4) is 5.75 Å². The number of hydrogen-bond acceptors (Lipinski definition) is 5. The molecule has 2 heterocycles. The zero-order chi connectivity index (χ0) is 27.2. The van der Waals surface area contributed by atoms with Crippen LogP contribution in [0.1, 0.15) is 49.4 Å². The molecule has 0 radical (unpaired) electrons. The van der Waals surface area contributed by atoms with Crippen molar-refractivity contribution in [3.63, 3.8) is 0 Å². The fourth-order valence-electron chi connectivity index (χ4n) is 5.27. The molecule has 2 aromatic carbocycles. The molecule has 1 atom stereocenters. The standard InChI is InChI=1S/C30H41N5O2S.ClH/c1-6-34(7-2)19-27-20(4)15-22-16-23(29(36)33-28(22)21(27)5)18-35(25-13-14-31-17-25)30(38)32-24-9-11-26(12-10-24)37-8-3;/h9-12,15-16,25,31H,6-8,13-14,17-19H2,1-5H3,(H,32,38)(H,33,36);1H. The van der Waals surface area contributed by atoms with E-state index in [2.05, 4.69) is 59.2 Å². The van der Waals surface area contributed by atoms with Gasteiger partial charge in [0.15, 0.2) is 5.11 Å². The summed E-state index contributed by atoms with van der Waals surface area (Å²) >= 11 is 5.88. The first-order valence-electron chi connectivity index (χ1n) is 13.7. The van der Waals surface area contributed by atoms with Crippen molar-refractivity contribution in [2.24, 2.45) is 0 Å². The van der Waals surface area contributed by atoms with Crippen molar-refractivity contribution in [2.45, 2.75) is 60.2 Å². The quantitative estimate of drug-likeness (QED) is 0.283. The lowest BCUT2D eigenvalue weighted by Gasteiger charge is -2.31. The van der Waals surface area contributed by atoms with Gasteiger partial charge in [0.1, 0.15) is 5.75 Å². The molecule has 0 saturated carbocycles. The predicted octanol–water partition coefficient (Wildman–Crippen LogP) is 5.37. The number of thiocarbonyl (C=S) groups is 1. The van der Waals surface area contributed by atoms with E-state index in [0.717, 1.165) is 72.6 Å². The fourth-order valence-corrected chi connectivity index (χ4v) is 5.60. The predicted molar refractivity (Wildman–Crippen MR) is 169 cm³/mol. The summed E-state index contributed by atoms with van der Waals surface area (Å²) in [6.45, 7) is 16.4. The van der Waals surface area contributed by atoms with E-state index in [-0.39, 0.29) is 24.0 Å². The molecule has 1 aromatic heterocycles. The van der Waals surface area contributed by atoms with Crippen LogP contribution >= 0.6 is 24.6 Å². The monoisotopic (exact) mass is 571 g/mol. The largest absolute Gasteiger partial charge is 0.494 e. The van der Waals surface area contributed by atoms with Crippen LogP contribution in [0.3, 0.4) is 0 Å². The highest BCUT2D eigenvalue weighted by molar-refractivity contribution is 7.80. The highest BCUT2D eigenvalue weighted by atomic mass is 35.5. The Labute approximate surface area is 243 Å². The summed E-state index contributed by atoms with van der Waals surface area (Å²) < 4.78 is 5.56. The van der Waals surface area contributed by atoms with Crippen molar-refractivity contribution in [3.05, 3.63) is 69.0 Å². The van der Waals surface area contributed by atoms with Crippen LogP contribution in [0.5, 0.6) is 5.75 Å². The molecule has 7 nitrogen and oxygen atoms in total. The lowest BCUT2D eigenvalue weighted by molar-refractivity contribution is 0.295. The minimum atomic E-state index is -0.0573. The summed E-state index contributed by atoms with van der Waals surface area (Å²) in [6, 6.07) is 12.3. The normalized spacial score (nSPS) is 14.9. The number of pyridine rings is 1. The minimum Gasteiger partial charge on any atom is -0.494 e. The van der Waals surface area contributed by atoms with Gasteiger partial charge in [0.25, 0.3) is 5.56 Å². The number of nitrogens with one attached hydrogen (secondary N) is 3. The average molecular weight is 572 g/mol. The number of aromatic amines is 1. The molecule has 1 aliphatic heterocycles. The number of ether oxygens (including phenoxy) is 1. The van der Waals surface area contributed by atoms with Crippen LogP contribution in [0.25, 0.3) is 10.9 Å². The number of aryl methyl sites for hydroxylation is 2. The number of rotatable bonds is 10. The summed E-state index contributed by atoms with van der Waals surface area (Å²) in [5.41, 5.74) is 6.19. The highest BCUT2D eigenvalue weighted by Gasteiger charge is 2.26. The summed E-state index contributed by atoms with van der Waals surface area (Å²) in [7, 11) is 0. The van der Waals surface area contributed by atoms with Gasteiger partial charge < -0.3 is 25.3 Å². The van der Waals surface area contributed by atoms with Crippen molar-refractivity contribution < 1.29 is 4.74 Å². The Morgan fingerprint density at radius 1 is 1.10 bits per heavy atom. The molecule has 1 saturated heterocycles.